The lowest BCUT2D eigenvalue weighted by Crippen LogP contribution is -2.54. The maximum absolute atomic E-state index is 13.2. The van der Waals surface area contributed by atoms with Crippen molar-refractivity contribution in [3.05, 3.63) is 63.7 Å². The Kier molecular flexibility index (Phi) is 5.83. The molecule has 6 nitrogen and oxygen atoms in total. The zero-order valence-corrected chi connectivity index (χ0v) is 20.3. The van der Waals surface area contributed by atoms with Crippen molar-refractivity contribution in [3.8, 4) is 0 Å². The van der Waals surface area contributed by atoms with E-state index in [-0.39, 0.29) is 17.0 Å². The van der Waals surface area contributed by atoms with Crippen LogP contribution >= 0.6 is 11.6 Å². The van der Waals surface area contributed by atoms with Gasteiger partial charge in [0, 0.05) is 23.3 Å². The van der Waals surface area contributed by atoms with Crippen LogP contribution in [0.3, 0.4) is 0 Å². The molecule has 2 aliphatic heterocycles. The van der Waals surface area contributed by atoms with Gasteiger partial charge in [-0.25, -0.2) is 9.69 Å². The second kappa shape index (κ2) is 8.34. The standard InChI is InChI=1S/C26H28ClN3O3/c1-6-16-7-9-18(10-8-16)30-24(32)20(23(31)28-25(30)33)12-17-11-19-15(2)14-26(3,4)29(5)22(19)13-21(17)27/h7-13,15H,6,14H2,1-5H3,(H,28,31,33)/b20-12+. The Morgan fingerprint density at radius 1 is 1.15 bits per heavy atom. The van der Waals surface area contributed by atoms with Gasteiger partial charge in [-0.1, -0.05) is 37.6 Å². The lowest BCUT2D eigenvalue weighted by Gasteiger charge is -2.45. The quantitative estimate of drug-likeness (QED) is 0.494. The number of carbonyl (C=O) groups excluding carboxylic acids is 3. The van der Waals surface area contributed by atoms with Crippen molar-refractivity contribution in [1.29, 1.82) is 0 Å². The number of halogens is 1. The van der Waals surface area contributed by atoms with Crippen molar-refractivity contribution in [1.82, 2.24) is 5.32 Å². The first kappa shape index (κ1) is 23.1. The molecular formula is C26H28ClN3O3. The van der Waals surface area contributed by atoms with E-state index in [0.29, 0.717) is 16.3 Å². The summed E-state index contributed by atoms with van der Waals surface area (Å²) in [6.07, 6.45) is 3.28. The summed E-state index contributed by atoms with van der Waals surface area (Å²) in [5.41, 5.74) is 4.07. The molecule has 2 aromatic carbocycles. The molecule has 1 N–H and O–H groups in total. The Hall–Kier alpha value is -3.12. The Balaban J connectivity index is 1.75. The van der Waals surface area contributed by atoms with Gasteiger partial charge in [0.15, 0.2) is 0 Å². The molecule has 1 unspecified atom stereocenters. The predicted molar refractivity (Wildman–Crippen MR) is 132 cm³/mol. The zero-order chi connectivity index (χ0) is 24.1. The minimum atomic E-state index is -0.764. The SMILES string of the molecule is CCc1ccc(N2C(=O)NC(=O)/C(=C\c3cc4c(cc3Cl)N(C)C(C)(C)CC4C)C2=O)cc1. The zero-order valence-electron chi connectivity index (χ0n) is 19.5. The van der Waals surface area contributed by atoms with Crippen LogP contribution in [0.1, 0.15) is 56.7 Å². The number of imide groups is 2. The molecule has 33 heavy (non-hydrogen) atoms. The number of hydrogen-bond donors (Lipinski definition) is 1. The fourth-order valence-electron chi connectivity index (χ4n) is 4.64. The highest BCUT2D eigenvalue weighted by Gasteiger charge is 2.38. The third-order valence-corrected chi connectivity index (χ3v) is 7.08. The van der Waals surface area contributed by atoms with Crippen molar-refractivity contribution >= 4 is 46.9 Å². The Labute approximate surface area is 199 Å². The van der Waals surface area contributed by atoms with Crippen molar-refractivity contribution < 1.29 is 14.4 Å². The van der Waals surface area contributed by atoms with Crippen LogP contribution in [0.5, 0.6) is 0 Å². The lowest BCUT2D eigenvalue weighted by molar-refractivity contribution is -0.122. The third-order valence-electron chi connectivity index (χ3n) is 6.76. The number of anilines is 2. The molecule has 2 aliphatic rings. The minimum Gasteiger partial charge on any atom is -0.369 e. The van der Waals surface area contributed by atoms with Gasteiger partial charge in [-0.3, -0.25) is 14.9 Å². The van der Waals surface area contributed by atoms with Crippen LogP contribution < -0.4 is 15.1 Å². The summed E-state index contributed by atoms with van der Waals surface area (Å²) >= 11 is 6.60. The number of rotatable bonds is 3. The second-order valence-corrected chi connectivity index (χ2v) is 9.79. The van der Waals surface area contributed by atoms with E-state index in [0.717, 1.165) is 34.6 Å². The lowest BCUT2D eigenvalue weighted by atomic mass is 9.80. The molecule has 0 spiro atoms. The molecule has 0 aromatic heterocycles. The summed E-state index contributed by atoms with van der Waals surface area (Å²) in [4.78, 5) is 41.5. The fraction of sp³-hybridized carbons (Fsp3) is 0.346. The molecule has 0 bridgehead atoms. The number of nitrogens with zero attached hydrogens (tertiary/aromatic N) is 2. The number of fused-ring (bicyclic) bond motifs is 1. The monoisotopic (exact) mass is 465 g/mol. The van der Waals surface area contributed by atoms with Crippen LogP contribution in [0, 0.1) is 0 Å². The van der Waals surface area contributed by atoms with E-state index in [9.17, 15) is 14.4 Å². The molecule has 1 fully saturated rings. The van der Waals surface area contributed by atoms with Gasteiger partial charge in [0.2, 0.25) is 0 Å². The molecular weight excluding hydrogens is 438 g/mol. The number of hydrogen-bond acceptors (Lipinski definition) is 4. The van der Waals surface area contributed by atoms with E-state index in [1.807, 2.05) is 38.2 Å². The van der Waals surface area contributed by atoms with E-state index in [4.69, 9.17) is 11.6 Å². The Morgan fingerprint density at radius 3 is 2.45 bits per heavy atom. The minimum absolute atomic E-state index is 0.0108. The fourth-order valence-corrected chi connectivity index (χ4v) is 4.86. The number of nitrogens with one attached hydrogen (secondary N) is 1. The van der Waals surface area contributed by atoms with Gasteiger partial charge >= 0.3 is 6.03 Å². The highest BCUT2D eigenvalue weighted by atomic mass is 35.5. The number of carbonyl (C=O) groups is 3. The molecule has 4 rings (SSSR count). The first-order valence-electron chi connectivity index (χ1n) is 11.1. The molecule has 2 aromatic rings. The van der Waals surface area contributed by atoms with Gasteiger partial charge in [-0.2, -0.15) is 0 Å². The van der Waals surface area contributed by atoms with E-state index in [1.54, 1.807) is 12.1 Å². The maximum Gasteiger partial charge on any atom is 0.335 e. The topological polar surface area (TPSA) is 69.7 Å². The Bertz CT molecular complexity index is 1180. The normalized spacial score (nSPS) is 21.3. The summed E-state index contributed by atoms with van der Waals surface area (Å²) in [6, 6.07) is 10.2. The van der Waals surface area contributed by atoms with Crippen molar-refractivity contribution in [2.24, 2.45) is 0 Å². The first-order valence-corrected chi connectivity index (χ1v) is 11.5. The average Bonchev–Trinajstić information content (AvgIpc) is 2.75. The van der Waals surface area contributed by atoms with Crippen molar-refractivity contribution in [3.63, 3.8) is 0 Å². The first-order chi connectivity index (χ1) is 15.5. The average molecular weight is 466 g/mol. The molecule has 2 heterocycles. The van der Waals surface area contributed by atoms with Crippen molar-refractivity contribution in [2.45, 2.75) is 52.0 Å². The highest BCUT2D eigenvalue weighted by molar-refractivity contribution is 6.40. The number of barbiturate groups is 1. The van der Waals surface area contributed by atoms with Crippen LogP contribution in [-0.2, 0) is 16.0 Å². The number of aryl methyl sites for hydroxylation is 1. The molecule has 4 amide bonds. The smallest absolute Gasteiger partial charge is 0.335 e. The van der Waals surface area contributed by atoms with E-state index in [1.165, 1.54) is 6.08 Å². The number of amides is 4. The van der Waals surface area contributed by atoms with Gasteiger partial charge in [0.25, 0.3) is 11.8 Å². The van der Waals surface area contributed by atoms with Crippen LogP contribution in [0.4, 0.5) is 16.2 Å². The molecule has 1 saturated heterocycles. The summed E-state index contributed by atoms with van der Waals surface area (Å²) in [6.45, 7) is 8.58. The molecule has 172 valence electrons. The molecule has 0 saturated carbocycles. The molecule has 7 heteroatoms. The second-order valence-electron chi connectivity index (χ2n) is 9.39. The summed E-state index contributed by atoms with van der Waals surface area (Å²) in [7, 11) is 2.05. The largest absolute Gasteiger partial charge is 0.369 e. The highest BCUT2D eigenvalue weighted by Crippen LogP contribution is 2.44. The van der Waals surface area contributed by atoms with Gasteiger partial charge in [-0.15, -0.1) is 0 Å². The third kappa shape index (κ3) is 4.04. The van der Waals surface area contributed by atoms with Crippen LogP contribution in [0.25, 0.3) is 6.08 Å². The molecule has 0 radical (unpaired) electrons. The van der Waals surface area contributed by atoms with E-state index in [2.05, 4.69) is 31.0 Å². The predicted octanol–water partition coefficient (Wildman–Crippen LogP) is 5.29. The van der Waals surface area contributed by atoms with E-state index >= 15 is 0 Å². The maximum atomic E-state index is 13.2. The van der Waals surface area contributed by atoms with E-state index < -0.39 is 17.8 Å². The van der Waals surface area contributed by atoms with Gasteiger partial charge in [-0.05, 0) is 79.6 Å². The van der Waals surface area contributed by atoms with Crippen LogP contribution in [0.15, 0.2) is 42.0 Å². The van der Waals surface area contributed by atoms with Crippen LogP contribution in [0.2, 0.25) is 5.02 Å². The summed E-state index contributed by atoms with van der Waals surface area (Å²) in [5, 5.41) is 2.71. The summed E-state index contributed by atoms with van der Waals surface area (Å²) < 4.78 is 0. The summed E-state index contributed by atoms with van der Waals surface area (Å²) in [5.74, 6) is -1.12. The Morgan fingerprint density at radius 2 is 1.82 bits per heavy atom. The van der Waals surface area contributed by atoms with Crippen molar-refractivity contribution in [2.75, 3.05) is 16.8 Å². The molecule has 0 aliphatic carbocycles. The van der Waals surface area contributed by atoms with Gasteiger partial charge in [0.05, 0.1) is 5.69 Å². The van der Waals surface area contributed by atoms with Gasteiger partial charge in [0.1, 0.15) is 5.57 Å². The van der Waals surface area contributed by atoms with Gasteiger partial charge < -0.3 is 4.90 Å². The van der Waals surface area contributed by atoms with Crippen LogP contribution in [-0.4, -0.2) is 30.4 Å². The number of benzene rings is 2. The molecule has 1 atom stereocenters. The number of urea groups is 1.